The van der Waals surface area contributed by atoms with Gasteiger partial charge < -0.3 is 9.84 Å². The molecule has 0 amide bonds. The van der Waals surface area contributed by atoms with Gasteiger partial charge in [-0.2, -0.15) is 0 Å². The Bertz CT molecular complexity index is 292. The van der Waals surface area contributed by atoms with Crippen molar-refractivity contribution >= 4 is 17.7 Å². The molecule has 1 unspecified atom stereocenters. The van der Waals surface area contributed by atoms with E-state index in [9.17, 15) is 14.4 Å². The molecular formula is C10H14O5. The van der Waals surface area contributed by atoms with E-state index >= 15 is 0 Å². The number of ether oxygens (including phenoxy) is 1. The van der Waals surface area contributed by atoms with Crippen LogP contribution in [0.25, 0.3) is 0 Å². The fourth-order valence-electron chi connectivity index (χ4n) is 0.866. The molecule has 0 saturated heterocycles. The fourth-order valence-corrected chi connectivity index (χ4v) is 0.866. The zero-order valence-electron chi connectivity index (χ0n) is 8.78. The van der Waals surface area contributed by atoms with Gasteiger partial charge in [-0.1, -0.05) is 6.58 Å². The van der Waals surface area contributed by atoms with Crippen molar-refractivity contribution in [2.24, 2.45) is 0 Å². The molecule has 84 valence electrons. The lowest BCUT2D eigenvalue weighted by molar-refractivity contribution is -0.154. The lowest BCUT2D eigenvalue weighted by atomic mass is 10.1. The second kappa shape index (κ2) is 5.95. The summed E-state index contributed by atoms with van der Waals surface area (Å²) in [7, 11) is 0. The Morgan fingerprint density at radius 1 is 1.33 bits per heavy atom. The summed E-state index contributed by atoms with van der Waals surface area (Å²) >= 11 is 0. The number of carboxylic acid groups (broad SMARTS) is 1. The molecule has 0 fully saturated rings. The zero-order valence-corrected chi connectivity index (χ0v) is 8.78. The van der Waals surface area contributed by atoms with Gasteiger partial charge in [-0.25, -0.2) is 0 Å². The molecule has 0 radical (unpaired) electrons. The van der Waals surface area contributed by atoms with Crippen LogP contribution in [-0.4, -0.2) is 28.9 Å². The van der Waals surface area contributed by atoms with Crippen molar-refractivity contribution in [3.8, 4) is 0 Å². The molecule has 0 heterocycles. The number of ketones is 1. The van der Waals surface area contributed by atoms with Crippen molar-refractivity contribution in [1.29, 1.82) is 0 Å². The molecule has 0 saturated carbocycles. The average molecular weight is 214 g/mol. The third-order valence-electron chi connectivity index (χ3n) is 1.64. The molecule has 5 heteroatoms. The van der Waals surface area contributed by atoms with Crippen molar-refractivity contribution in [1.82, 2.24) is 0 Å². The van der Waals surface area contributed by atoms with E-state index in [1.54, 1.807) is 0 Å². The minimum atomic E-state index is -1.08. The first kappa shape index (κ1) is 13.4. The molecule has 0 aromatic rings. The smallest absolute Gasteiger partial charge is 0.307 e. The van der Waals surface area contributed by atoms with E-state index in [0.29, 0.717) is 5.57 Å². The highest BCUT2D eigenvalue weighted by Gasteiger charge is 2.18. The van der Waals surface area contributed by atoms with Crippen LogP contribution in [0, 0.1) is 0 Å². The third-order valence-corrected chi connectivity index (χ3v) is 1.64. The zero-order chi connectivity index (χ0) is 12.0. The van der Waals surface area contributed by atoms with Crippen LogP contribution in [0.4, 0.5) is 0 Å². The van der Waals surface area contributed by atoms with Crippen LogP contribution in [0.5, 0.6) is 0 Å². The van der Waals surface area contributed by atoms with Crippen molar-refractivity contribution in [2.45, 2.75) is 32.8 Å². The number of aliphatic carboxylic acids is 1. The topological polar surface area (TPSA) is 80.7 Å². The van der Waals surface area contributed by atoms with Gasteiger partial charge in [0.1, 0.15) is 0 Å². The third kappa shape index (κ3) is 5.61. The number of carbonyl (C=O) groups excluding carboxylic acids is 2. The van der Waals surface area contributed by atoms with Crippen molar-refractivity contribution < 1.29 is 24.2 Å². The summed E-state index contributed by atoms with van der Waals surface area (Å²) in [6.45, 7) is 6.37. The highest BCUT2D eigenvalue weighted by molar-refractivity contribution is 5.98. The second-order valence-electron chi connectivity index (χ2n) is 3.17. The van der Waals surface area contributed by atoms with Crippen molar-refractivity contribution in [2.75, 3.05) is 0 Å². The Morgan fingerprint density at radius 3 is 2.27 bits per heavy atom. The summed E-state index contributed by atoms with van der Waals surface area (Å²) in [6.07, 6.45) is -1.43. The maximum Gasteiger partial charge on any atom is 0.307 e. The lowest BCUT2D eigenvalue weighted by Gasteiger charge is -2.11. The summed E-state index contributed by atoms with van der Waals surface area (Å²) in [6, 6.07) is 0. The predicted molar refractivity (Wildman–Crippen MR) is 52.2 cm³/mol. The van der Waals surface area contributed by atoms with Crippen LogP contribution >= 0.6 is 0 Å². The van der Waals surface area contributed by atoms with Gasteiger partial charge in [-0.3, -0.25) is 14.4 Å². The normalized spacial score (nSPS) is 11.6. The molecule has 1 atom stereocenters. The van der Waals surface area contributed by atoms with Gasteiger partial charge in [0.05, 0.1) is 12.8 Å². The van der Waals surface area contributed by atoms with Crippen molar-refractivity contribution in [3.05, 3.63) is 12.2 Å². The van der Waals surface area contributed by atoms with E-state index in [1.807, 2.05) is 0 Å². The molecular weight excluding hydrogens is 200 g/mol. The fraction of sp³-hybridized carbons (Fsp3) is 0.500. The molecule has 0 aromatic carbocycles. The Morgan fingerprint density at radius 2 is 1.87 bits per heavy atom. The van der Waals surface area contributed by atoms with E-state index < -0.39 is 18.0 Å². The van der Waals surface area contributed by atoms with Crippen LogP contribution in [0.15, 0.2) is 12.2 Å². The maximum atomic E-state index is 11.2. The Labute approximate surface area is 87.7 Å². The Balaban J connectivity index is 4.01. The van der Waals surface area contributed by atoms with Crippen LogP contribution in [0.2, 0.25) is 0 Å². The van der Waals surface area contributed by atoms with Gasteiger partial charge in [0.2, 0.25) is 0 Å². The van der Waals surface area contributed by atoms with E-state index in [0.717, 1.165) is 0 Å². The van der Waals surface area contributed by atoms with Gasteiger partial charge in [0.15, 0.2) is 11.9 Å². The monoisotopic (exact) mass is 214 g/mol. The molecule has 0 aliphatic rings. The molecule has 0 bridgehead atoms. The van der Waals surface area contributed by atoms with Crippen molar-refractivity contribution in [3.63, 3.8) is 0 Å². The number of carboxylic acids is 1. The SMILES string of the molecule is C=C(C)C(=O)C(C)OC(=O)CCC(=O)O. The van der Waals surface area contributed by atoms with Gasteiger partial charge in [0.25, 0.3) is 0 Å². The van der Waals surface area contributed by atoms with E-state index in [4.69, 9.17) is 9.84 Å². The molecule has 15 heavy (non-hydrogen) atoms. The second-order valence-corrected chi connectivity index (χ2v) is 3.17. The number of Topliss-reactive ketones (excluding diaryl/α,β-unsaturated/α-hetero) is 1. The van der Waals surface area contributed by atoms with Gasteiger partial charge >= 0.3 is 11.9 Å². The summed E-state index contributed by atoms with van der Waals surface area (Å²) in [5, 5.41) is 8.31. The first-order valence-corrected chi connectivity index (χ1v) is 4.45. The van der Waals surface area contributed by atoms with Gasteiger partial charge in [-0.15, -0.1) is 0 Å². The molecule has 1 N–H and O–H groups in total. The molecule has 0 aromatic heterocycles. The van der Waals surface area contributed by atoms with Gasteiger partial charge in [0, 0.05) is 0 Å². The van der Waals surface area contributed by atoms with Crippen LogP contribution in [-0.2, 0) is 19.1 Å². The van der Waals surface area contributed by atoms with Crippen LogP contribution in [0.3, 0.4) is 0 Å². The quantitative estimate of drug-likeness (QED) is 0.525. The largest absolute Gasteiger partial charge is 0.481 e. The summed E-state index contributed by atoms with van der Waals surface area (Å²) in [5.74, 6) is -2.14. The summed E-state index contributed by atoms with van der Waals surface area (Å²) < 4.78 is 4.71. The van der Waals surface area contributed by atoms with Crippen LogP contribution < -0.4 is 0 Å². The van der Waals surface area contributed by atoms with Crippen LogP contribution in [0.1, 0.15) is 26.7 Å². The number of carbonyl (C=O) groups is 3. The summed E-state index contributed by atoms with van der Waals surface area (Å²) in [4.78, 5) is 32.4. The first-order chi connectivity index (χ1) is 6.84. The number of rotatable bonds is 6. The number of esters is 1. The molecule has 0 aliphatic carbocycles. The Kier molecular flexibility index (Phi) is 5.30. The number of hydrogen-bond acceptors (Lipinski definition) is 4. The van der Waals surface area contributed by atoms with Gasteiger partial charge in [-0.05, 0) is 19.4 Å². The highest BCUT2D eigenvalue weighted by Crippen LogP contribution is 2.03. The van der Waals surface area contributed by atoms with E-state index in [2.05, 4.69) is 6.58 Å². The average Bonchev–Trinajstić information content (AvgIpc) is 2.13. The molecule has 5 nitrogen and oxygen atoms in total. The van der Waals surface area contributed by atoms with E-state index in [-0.39, 0.29) is 18.6 Å². The molecule has 0 spiro atoms. The van der Waals surface area contributed by atoms with E-state index in [1.165, 1.54) is 13.8 Å². The lowest BCUT2D eigenvalue weighted by Crippen LogP contribution is -2.24. The Hall–Kier alpha value is -1.65. The highest BCUT2D eigenvalue weighted by atomic mass is 16.5. The molecule has 0 rings (SSSR count). The minimum Gasteiger partial charge on any atom is -0.481 e. The maximum absolute atomic E-state index is 11.2. The number of hydrogen-bond donors (Lipinski definition) is 1. The standard InChI is InChI=1S/C10H14O5/c1-6(2)10(14)7(3)15-9(13)5-4-8(11)12/h7H,1,4-5H2,2-3H3,(H,11,12). The first-order valence-electron chi connectivity index (χ1n) is 4.45. The summed E-state index contributed by atoms with van der Waals surface area (Å²) in [5.41, 5.74) is 0.300. The predicted octanol–water partition coefficient (Wildman–Crippen LogP) is 0.928. The minimum absolute atomic E-state index is 0.233. The molecule has 0 aliphatic heterocycles.